The van der Waals surface area contributed by atoms with Gasteiger partial charge in [0.1, 0.15) is 0 Å². The number of rotatable bonds is 0. The first kappa shape index (κ1) is 9.00. The second kappa shape index (κ2) is 3.12. The monoisotopic (exact) mass is 314 g/mol. The van der Waals surface area contributed by atoms with Crippen LogP contribution in [0.5, 0.6) is 0 Å². The Labute approximate surface area is 95.0 Å². The van der Waals surface area contributed by atoms with Gasteiger partial charge in [-0.2, -0.15) is 0 Å². The van der Waals surface area contributed by atoms with Gasteiger partial charge in [0, 0.05) is 0 Å². The summed E-state index contributed by atoms with van der Waals surface area (Å²) in [6.07, 6.45) is 0. The Morgan fingerprint density at radius 2 is 1.21 bits per heavy atom. The molecule has 0 fully saturated rings. The molecule has 2 heteroatoms. The third-order valence-corrected chi connectivity index (χ3v) is 7.12. The fourth-order valence-corrected chi connectivity index (χ4v) is 5.84. The van der Waals surface area contributed by atoms with Gasteiger partial charge in [-0.25, -0.2) is 0 Å². The number of benzene rings is 1. The molecule has 0 saturated heterocycles. The summed E-state index contributed by atoms with van der Waals surface area (Å²) in [6, 6.07) is 4.86. The minimum atomic E-state index is 0.588. The van der Waals surface area contributed by atoms with E-state index in [1.54, 1.807) is 8.52 Å². The predicted molar refractivity (Wildman–Crippen MR) is 64.8 cm³/mol. The van der Waals surface area contributed by atoms with Crippen LogP contribution in [-0.2, 0) is 0 Å². The quantitative estimate of drug-likeness (QED) is 0.560. The standard InChI is InChI=1S/C12H10Se2/c1-7-5-13-11-4-10-8(2)6-14-12(10)3-9(7)11/h3-6H,1-2H3. The number of aryl methyl sites for hydroxylation is 2. The van der Waals surface area contributed by atoms with E-state index in [1.165, 1.54) is 21.9 Å². The number of hydrogen-bond acceptors (Lipinski definition) is 0. The van der Waals surface area contributed by atoms with Crippen LogP contribution in [0.2, 0.25) is 0 Å². The Morgan fingerprint density at radius 3 is 1.64 bits per heavy atom. The second-order valence-corrected chi connectivity index (χ2v) is 7.51. The molecule has 3 aromatic rings. The summed E-state index contributed by atoms with van der Waals surface area (Å²) < 4.78 is 3.17. The summed E-state index contributed by atoms with van der Waals surface area (Å²) in [6.45, 7) is 4.48. The summed E-state index contributed by atoms with van der Waals surface area (Å²) in [5, 5.41) is 3.04. The van der Waals surface area contributed by atoms with Gasteiger partial charge in [-0.15, -0.1) is 0 Å². The van der Waals surface area contributed by atoms with Gasteiger partial charge in [-0.05, 0) is 0 Å². The van der Waals surface area contributed by atoms with Gasteiger partial charge in [-0.3, -0.25) is 0 Å². The van der Waals surface area contributed by atoms with Crippen molar-refractivity contribution in [2.45, 2.75) is 13.8 Å². The van der Waals surface area contributed by atoms with Crippen LogP contribution >= 0.6 is 0 Å². The molecule has 3 rings (SSSR count). The summed E-state index contributed by atoms with van der Waals surface area (Å²) in [4.78, 5) is 4.80. The molecule has 0 amide bonds. The van der Waals surface area contributed by atoms with E-state index in [0.717, 1.165) is 0 Å². The summed E-state index contributed by atoms with van der Waals surface area (Å²) >= 11 is 1.18. The van der Waals surface area contributed by atoms with E-state index >= 15 is 0 Å². The van der Waals surface area contributed by atoms with Crippen molar-refractivity contribution in [3.05, 3.63) is 33.1 Å². The molecule has 0 radical (unpaired) electrons. The van der Waals surface area contributed by atoms with Gasteiger partial charge >= 0.3 is 95.3 Å². The van der Waals surface area contributed by atoms with Crippen LogP contribution in [-0.4, -0.2) is 29.0 Å². The van der Waals surface area contributed by atoms with Crippen molar-refractivity contribution < 1.29 is 0 Å². The van der Waals surface area contributed by atoms with Gasteiger partial charge in [0.25, 0.3) is 0 Å². The third kappa shape index (κ3) is 1.19. The first-order valence-corrected chi connectivity index (χ1v) is 8.30. The zero-order valence-corrected chi connectivity index (χ0v) is 11.6. The molecule has 0 N–H and O–H groups in total. The average Bonchev–Trinajstić information content (AvgIpc) is 2.71. The fraction of sp³-hybridized carbons (Fsp3) is 0.167. The maximum absolute atomic E-state index is 2.43. The molecular formula is C12H10Se2. The Kier molecular flexibility index (Phi) is 2.00. The predicted octanol–water partition coefficient (Wildman–Crippen LogP) is 2.72. The van der Waals surface area contributed by atoms with E-state index in [-0.39, 0.29) is 0 Å². The minimum absolute atomic E-state index is 0.588. The molecule has 2 aromatic heterocycles. The van der Waals surface area contributed by atoms with Crippen LogP contribution < -0.4 is 0 Å². The SMILES string of the molecule is Cc1c[se]c2cc3c(C)c[se]c3cc12. The topological polar surface area (TPSA) is 0 Å². The normalized spacial score (nSPS) is 11.6. The molecule has 0 nitrogen and oxygen atoms in total. The van der Waals surface area contributed by atoms with Crippen LogP contribution in [0.3, 0.4) is 0 Å². The first-order chi connectivity index (χ1) is 6.75. The molecule has 0 bridgehead atoms. The first-order valence-electron chi connectivity index (χ1n) is 4.61. The van der Waals surface area contributed by atoms with Gasteiger partial charge in [0.2, 0.25) is 0 Å². The molecule has 0 aliphatic carbocycles. The van der Waals surface area contributed by atoms with Crippen LogP contribution in [0.15, 0.2) is 22.0 Å². The molecule has 0 saturated carbocycles. The molecule has 1 aromatic carbocycles. The van der Waals surface area contributed by atoms with Crippen LogP contribution in [0.25, 0.3) is 19.3 Å². The van der Waals surface area contributed by atoms with E-state index < -0.39 is 0 Å². The fourth-order valence-electron chi connectivity index (χ4n) is 1.80. The van der Waals surface area contributed by atoms with Crippen LogP contribution in [0, 0.1) is 13.8 Å². The van der Waals surface area contributed by atoms with Crippen molar-refractivity contribution in [3.8, 4) is 0 Å². The van der Waals surface area contributed by atoms with Crippen molar-refractivity contribution in [2.75, 3.05) is 0 Å². The van der Waals surface area contributed by atoms with Crippen molar-refractivity contribution >= 4 is 48.3 Å². The Balaban J connectivity index is 2.56. The van der Waals surface area contributed by atoms with E-state index in [0.29, 0.717) is 29.0 Å². The van der Waals surface area contributed by atoms with Crippen molar-refractivity contribution in [1.29, 1.82) is 0 Å². The Hall–Kier alpha value is -0.261. The average molecular weight is 312 g/mol. The van der Waals surface area contributed by atoms with Gasteiger partial charge in [0.05, 0.1) is 0 Å². The zero-order valence-electron chi connectivity index (χ0n) is 8.13. The third-order valence-electron chi connectivity index (χ3n) is 2.66. The van der Waals surface area contributed by atoms with E-state index in [2.05, 4.69) is 35.9 Å². The summed E-state index contributed by atoms with van der Waals surface area (Å²) in [5.41, 5.74) is 2.98. The Bertz CT molecular complexity index is 557. The maximum atomic E-state index is 2.43. The molecule has 0 atom stereocenters. The molecular weight excluding hydrogens is 302 g/mol. The van der Waals surface area contributed by atoms with E-state index in [9.17, 15) is 0 Å². The van der Waals surface area contributed by atoms with Crippen LogP contribution in [0.1, 0.15) is 11.1 Å². The molecule has 0 unspecified atom stereocenters. The molecule has 2 heterocycles. The number of hydrogen-bond donors (Lipinski definition) is 0. The van der Waals surface area contributed by atoms with E-state index in [4.69, 9.17) is 0 Å². The van der Waals surface area contributed by atoms with Gasteiger partial charge in [-0.1, -0.05) is 0 Å². The van der Waals surface area contributed by atoms with Crippen molar-refractivity contribution in [2.24, 2.45) is 0 Å². The van der Waals surface area contributed by atoms with E-state index in [1.807, 2.05) is 0 Å². The molecule has 14 heavy (non-hydrogen) atoms. The van der Waals surface area contributed by atoms with Gasteiger partial charge < -0.3 is 0 Å². The van der Waals surface area contributed by atoms with Crippen molar-refractivity contribution in [3.63, 3.8) is 0 Å². The Morgan fingerprint density at radius 1 is 0.786 bits per heavy atom. The number of fused-ring (bicyclic) bond motifs is 2. The zero-order chi connectivity index (χ0) is 9.71. The molecule has 0 aliphatic rings. The molecule has 70 valence electrons. The second-order valence-electron chi connectivity index (χ2n) is 3.68. The summed E-state index contributed by atoms with van der Waals surface area (Å²) in [5.74, 6) is 0. The van der Waals surface area contributed by atoms with Gasteiger partial charge in [0.15, 0.2) is 0 Å². The van der Waals surface area contributed by atoms with Crippen molar-refractivity contribution in [1.82, 2.24) is 0 Å². The van der Waals surface area contributed by atoms with Crippen LogP contribution in [0.4, 0.5) is 0 Å². The molecule has 0 spiro atoms. The molecule has 0 aliphatic heterocycles. The summed E-state index contributed by atoms with van der Waals surface area (Å²) in [7, 11) is 0.